The van der Waals surface area contributed by atoms with E-state index in [-0.39, 0.29) is 5.41 Å². The second-order valence-corrected chi connectivity index (χ2v) is 6.71. The first-order valence-electron chi connectivity index (χ1n) is 5.77. The van der Waals surface area contributed by atoms with E-state index in [2.05, 4.69) is 15.9 Å². The van der Waals surface area contributed by atoms with Gasteiger partial charge in [0.25, 0.3) is 0 Å². The van der Waals surface area contributed by atoms with E-state index < -0.39 is 0 Å². The van der Waals surface area contributed by atoms with Crippen LogP contribution in [0.5, 0.6) is 0 Å². The zero-order chi connectivity index (χ0) is 9.92. The summed E-state index contributed by atoms with van der Waals surface area (Å²) in [6.45, 7) is 1.81. The summed E-state index contributed by atoms with van der Waals surface area (Å²) in [6.07, 6.45) is 6.50. The fraction of sp³-hybridized carbons (Fsp3) is 0.917. The van der Waals surface area contributed by atoms with Gasteiger partial charge in [0, 0.05) is 10.2 Å². The van der Waals surface area contributed by atoms with E-state index in [1.54, 1.807) is 6.92 Å². The lowest BCUT2D eigenvalue weighted by Gasteiger charge is -2.58. The van der Waals surface area contributed by atoms with Crippen molar-refractivity contribution in [1.82, 2.24) is 0 Å². The van der Waals surface area contributed by atoms with Crippen molar-refractivity contribution >= 4 is 21.7 Å². The summed E-state index contributed by atoms with van der Waals surface area (Å²) in [4.78, 5) is 12.4. The van der Waals surface area contributed by atoms with Crippen LogP contribution < -0.4 is 0 Å². The molecule has 4 bridgehead atoms. The second kappa shape index (κ2) is 2.84. The van der Waals surface area contributed by atoms with Crippen molar-refractivity contribution in [2.24, 2.45) is 23.2 Å². The number of carbonyl (C=O) groups excluding carboxylic acids is 1. The summed E-state index contributed by atoms with van der Waals surface area (Å²) in [7, 11) is 0. The van der Waals surface area contributed by atoms with Crippen LogP contribution in [0.2, 0.25) is 0 Å². The van der Waals surface area contributed by atoms with Gasteiger partial charge >= 0.3 is 0 Å². The van der Waals surface area contributed by atoms with Crippen molar-refractivity contribution in [3.63, 3.8) is 0 Å². The van der Waals surface area contributed by atoms with Gasteiger partial charge in [0.2, 0.25) is 0 Å². The Kier molecular flexibility index (Phi) is 1.90. The minimum Gasteiger partial charge on any atom is -0.299 e. The predicted molar refractivity (Wildman–Crippen MR) is 59.4 cm³/mol. The minimum absolute atomic E-state index is 0.0365. The van der Waals surface area contributed by atoms with Gasteiger partial charge in [-0.25, -0.2) is 0 Å². The van der Waals surface area contributed by atoms with Crippen LogP contribution in [0.15, 0.2) is 0 Å². The van der Waals surface area contributed by atoms with Crippen LogP contribution in [-0.2, 0) is 4.79 Å². The molecule has 0 aliphatic heterocycles. The number of ketones is 1. The molecule has 4 aliphatic carbocycles. The molecule has 0 spiro atoms. The van der Waals surface area contributed by atoms with Crippen molar-refractivity contribution in [2.45, 2.75) is 43.9 Å². The summed E-state index contributed by atoms with van der Waals surface area (Å²) in [6, 6.07) is 0. The van der Waals surface area contributed by atoms with Gasteiger partial charge in [-0.2, -0.15) is 0 Å². The topological polar surface area (TPSA) is 17.1 Å². The Morgan fingerprint density at radius 1 is 1.21 bits per heavy atom. The molecule has 14 heavy (non-hydrogen) atoms. The normalized spacial score (nSPS) is 55.0. The lowest BCUT2D eigenvalue weighted by atomic mass is 9.48. The number of hydrogen-bond acceptors (Lipinski definition) is 1. The molecule has 0 amide bonds. The molecule has 0 N–H and O–H groups in total. The SMILES string of the molecule is CC(=O)C12CC3CC(CC(C3)C1Br)C2. The molecular formula is C12H17BrO. The highest BCUT2D eigenvalue weighted by Crippen LogP contribution is 2.62. The maximum atomic E-state index is 11.9. The van der Waals surface area contributed by atoms with Gasteiger partial charge in [0.15, 0.2) is 0 Å². The summed E-state index contributed by atoms with van der Waals surface area (Å²) >= 11 is 3.82. The van der Waals surface area contributed by atoms with Crippen LogP contribution >= 0.6 is 15.9 Å². The Morgan fingerprint density at radius 3 is 2.29 bits per heavy atom. The molecule has 3 atom stereocenters. The molecule has 0 heterocycles. The van der Waals surface area contributed by atoms with Crippen molar-refractivity contribution in [2.75, 3.05) is 0 Å². The molecule has 0 aromatic rings. The molecule has 4 rings (SSSR count). The molecule has 0 aromatic heterocycles. The summed E-state index contributed by atoms with van der Waals surface area (Å²) < 4.78 is 0. The van der Waals surface area contributed by atoms with Crippen LogP contribution in [0.25, 0.3) is 0 Å². The van der Waals surface area contributed by atoms with Crippen LogP contribution in [-0.4, -0.2) is 10.6 Å². The first-order chi connectivity index (χ1) is 6.62. The largest absolute Gasteiger partial charge is 0.299 e. The van der Waals surface area contributed by atoms with Crippen LogP contribution in [0.4, 0.5) is 0 Å². The van der Waals surface area contributed by atoms with E-state index in [4.69, 9.17) is 0 Å². The second-order valence-electron chi connectivity index (χ2n) is 5.72. The standard InChI is InChI=1S/C12H17BrO/c1-7(14)12-5-8-2-9(6-12)4-10(3-8)11(12)13/h8-11H,2-6H2,1H3. The van der Waals surface area contributed by atoms with Gasteiger partial charge in [-0.05, 0) is 56.8 Å². The van der Waals surface area contributed by atoms with Crippen molar-refractivity contribution in [1.29, 1.82) is 0 Å². The lowest BCUT2D eigenvalue weighted by molar-refractivity contribution is -0.139. The van der Waals surface area contributed by atoms with E-state index in [1.807, 2.05) is 0 Å². The zero-order valence-corrected chi connectivity index (χ0v) is 10.2. The van der Waals surface area contributed by atoms with E-state index in [0.29, 0.717) is 10.6 Å². The lowest BCUT2D eigenvalue weighted by Crippen LogP contribution is -2.56. The first kappa shape index (κ1) is 9.38. The highest BCUT2D eigenvalue weighted by atomic mass is 79.9. The predicted octanol–water partition coefficient (Wildman–Crippen LogP) is 3.17. The fourth-order valence-electron chi connectivity index (χ4n) is 4.46. The Hall–Kier alpha value is 0.150. The van der Waals surface area contributed by atoms with Gasteiger partial charge in [0.05, 0.1) is 0 Å². The van der Waals surface area contributed by atoms with Crippen molar-refractivity contribution in [3.05, 3.63) is 0 Å². The molecule has 0 aromatic carbocycles. The minimum atomic E-state index is 0.0365. The molecule has 4 aliphatic rings. The number of hydrogen-bond donors (Lipinski definition) is 0. The highest BCUT2D eigenvalue weighted by Gasteiger charge is 2.58. The Morgan fingerprint density at radius 2 is 1.79 bits per heavy atom. The Balaban J connectivity index is 2.01. The third kappa shape index (κ3) is 1.04. The highest BCUT2D eigenvalue weighted by molar-refractivity contribution is 9.09. The van der Waals surface area contributed by atoms with Gasteiger partial charge in [-0.15, -0.1) is 0 Å². The third-order valence-corrected chi connectivity index (χ3v) is 6.51. The fourth-order valence-corrected chi connectivity index (χ4v) is 5.59. The van der Waals surface area contributed by atoms with Crippen LogP contribution in [0.3, 0.4) is 0 Å². The van der Waals surface area contributed by atoms with Gasteiger partial charge in [-0.1, -0.05) is 15.9 Å². The average molecular weight is 257 g/mol. The van der Waals surface area contributed by atoms with Gasteiger partial charge in [0.1, 0.15) is 5.78 Å². The molecule has 78 valence electrons. The molecule has 0 saturated heterocycles. The quantitative estimate of drug-likeness (QED) is 0.659. The molecule has 2 heteroatoms. The molecule has 3 unspecified atom stereocenters. The number of halogens is 1. The van der Waals surface area contributed by atoms with Crippen molar-refractivity contribution < 1.29 is 4.79 Å². The van der Waals surface area contributed by atoms with E-state index in [0.717, 1.165) is 17.8 Å². The van der Waals surface area contributed by atoms with Crippen LogP contribution in [0, 0.1) is 23.2 Å². The molecule has 4 saturated carbocycles. The van der Waals surface area contributed by atoms with E-state index in [9.17, 15) is 4.79 Å². The van der Waals surface area contributed by atoms with E-state index in [1.165, 1.54) is 32.1 Å². The summed E-state index contributed by atoms with van der Waals surface area (Å²) in [5.41, 5.74) is 0.0365. The molecule has 0 radical (unpaired) electrons. The summed E-state index contributed by atoms with van der Waals surface area (Å²) in [5.74, 6) is 2.97. The zero-order valence-electron chi connectivity index (χ0n) is 8.63. The van der Waals surface area contributed by atoms with Crippen LogP contribution in [0.1, 0.15) is 39.0 Å². The first-order valence-corrected chi connectivity index (χ1v) is 6.68. The van der Waals surface area contributed by atoms with Gasteiger partial charge in [-0.3, -0.25) is 4.79 Å². The molecule has 1 nitrogen and oxygen atoms in total. The summed E-state index contributed by atoms with van der Waals surface area (Å²) in [5, 5.41) is 0. The van der Waals surface area contributed by atoms with Crippen molar-refractivity contribution in [3.8, 4) is 0 Å². The Labute approximate surface area is 93.8 Å². The number of rotatable bonds is 1. The molecule has 4 fully saturated rings. The Bertz CT molecular complexity index is 272. The average Bonchev–Trinajstić information content (AvgIpc) is 2.12. The number of Topliss-reactive ketones (excluding diaryl/α,β-unsaturated/α-hetero) is 1. The smallest absolute Gasteiger partial charge is 0.137 e. The monoisotopic (exact) mass is 256 g/mol. The number of alkyl halides is 1. The number of carbonyl (C=O) groups is 1. The maximum Gasteiger partial charge on any atom is 0.137 e. The van der Waals surface area contributed by atoms with E-state index >= 15 is 0 Å². The van der Waals surface area contributed by atoms with Gasteiger partial charge < -0.3 is 0 Å². The third-order valence-electron chi connectivity index (χ3n) is 4.89. The molecular weight excluding hydrogens is 240 g/mol. The maximum absolute atomic E-state index is 11.9.